The number of aliphatic hydroxyl groups is 1. The Balaban J connectivity index is 1.31. The number of nitrogens with one attached hydrogen (secondary N) is 1. The maximum atomic E-state index is 12.4. The smallest absolute Gasteiger partial charge is 0.347 e. The molecule has 31 heavy (non-hydrogen) atoms. The molecule has 4 unspecified atom stereocenters. The molecule has 1 aromatic carbocycles. The molecular weight excluding hydrogens is 394 g/mol. The third kappa shape index (κ3) is 2.71. The van der Waals surface area contributed by atoms with Crippen molar-refractivity contribution in [1.82, 2.24) is 19.8 Å². The number of hydrogen-bond donors (Lipinski definition) is 2. The summed E-state index contributed by atoms with van der Waals surface area (Å²) in [5, 5.41) is 10.7. The van der Waals surface area contributed by atoms with Crippen molar-refractivity contribution in [2.75, 3.05) is 18.0 Å². The third-order valence-corrected chi connectivity index (χ3v) is 7.45. The maximum Gasteiger partial charge on any atom is 0.347 e. The number of benzene rings is 1. The van der Waals surface area contributed by atoms with Crippen molar-refractivity contribution in [2.45, 2.75) is 50.2 Å². The van der Waals surface area contributed by atoms with E-state index in [1.54, 1.807) is 4.90 Å². The SMILES string of the molecule is C=CC(=O)N1CC2C(O)C1CN2c1nc(=O)[nH]c2c1CN(C1CCc3ccccc31)C2. The highest BCUT2D eigenvalue weighted by atomic mass is 16.3. The molecule has 6 rings (SSSR count). The van der Waals surface area contributed by atoms with Crippen LogP contribution in [0.3, 0.4) is 0 Å². The zero-order valence-corrected chi connectivity index (χ0v) is 17.2. The summed E-state index contributed by atoms with van der Waals surface area (Å²) in [6.07, 6.45) is 2.79. The van der Waals surface area contributed by atoms with E-state index >= 15 is 0 Å². The Labute approximate surface area is 179 Å². The van der Waals surface area contributed by atoms with Crippen LogP contribution < -0.4 is 10.6 Å². The first-order valence-corrected chi connectivity index (χ1v) is 10.9. The fourth-order valence-corrected chi connectivity index (χ4v) is 5.99. The highest BCUT2D eigenvalue weighted by molar-refractivity contribution is 5.88. The molecule has 1 aromatic heterocycles. The molecule has 2 aromatic rings. The molecule has 1 amide bonds. The molecule has 4 heterocycles. The van der Waals surface area contributed by atoms with Gasteiger partial charge >= 0.3 is 5.69 Å². The molecule has 2 N–H and O–H groups in total. The zero-order valence-electron chi connectivity index (χ0n) is 17.2. The molecule has 2 bridgehead atoms. The van der Waals surface area contributed by atoms with Gasteiger partial charge in [-0.2, -0.15) is 4.98 Å². The van der Waals surface area contributed by atoms with Crippen LogP contribution in [0.5, 0.6) is 0 Å². The van der Waals surface area contributed by atoms with E-state index in [1.165, 1.54) is 17.2 Å². The number of amides is 1. The topological polar surface area (TPSA) is 92.8 Å². The second-order valence-electron chi connectivity index (χ2n) is 8.95. The number of hydrogen-bond acceptors (Lipinski definition) is 6. The molecule has 0 saturated carbocycles. The number of carbonyl (C=O) groups excluding carboxylic acids is 1. The van der Waals surface area contributed by atoms with E-state index in [4.69, 9.17) is 0 Å². The fourth-order valence-electron chi connectivity index (χ4n) is 5.99. The Morgan fingerprint density at radius 1 is 1.23 bits per heavy atom. The van der Waals surface area contributed by atoms with Crippen molar-refractivity contribution in [3.63, 3.8) is 0 Å². The lowest BCUT2D eigenvalue weighted by Crippen LogP contribution is -2.49. The lowest BCUT2D eigenvalue weighted by atomic mass is 10.1. The van der Waals surface area contributed by atoms with Crippen LogP contribution in [0.15, 0.2) is 41.7 Å². The number of anilines is 1. The number of H-pyrrole nitrogens is 1. The standard InChI is InChI=1S/C23H25N5O3/c1-2-20(29)27-11-19-21(30)18(27)12-28(19)22-15-9-26(10-16(15)24-23(31)25-22)17-8-7-13-5-3-4-6-14(13)17/h2-6,17-19,21,30H,1,7-12H2,(H,24,25,31). The molecule has 8 nitrogen and oxygen atoms in total. The van der Waals surface area contributed by atoms with Gasteiger partial charge in [-0.1, -0.05) is 30.8 Å². The number of piperazine rings is 1. The van der Waals surface area contributed by atoms with Crippen molar-refractivity contribution >= 4 is 11.7 Å². The van der Waals surface area contributed by atoms with Crippen LogP contribution in [0.1, 0.15) is 34.8 Å². The van der Waals surface area contributed by atoms with Crippen LogP contribution in [0.25, 0.3) is 0 Å². The number of nitrogens with zero attached hydrogens (tertiary/aromatic N) is 4. The van der Waals surface area contributed by atoms with Crippen LogP contribution in [-0.4, -0.2) is 62.1 Å². The molecule has 4 atom stereocenters. The molecular formula is C23H25N5O3. The molecule has 4 aliphatic rings. The number of carbonyl (C=O) groups is 1. The predicted molar refractivity (Wildman–Crippen MR) is 114 cm³/mol. The summed E-state index contributed by atoms with van der Waals surface area (Å²) in [6.45, 7) is 5.85. The average Bonchev–Trinajstić information content (AvgIpc) is 3.53. The first-order chi connectivity index (χ1) is 15.0. The molecule has 3 aliphatic heterocycles. The lowest BCUT2D eigenvalue weighted by molar-refractivity contribution is -0.127. The zero-order chi connectivity index (χ0) is 21.3. The number of aromatic amines is 1. The summed E-state index contributed by atoms with van der Waals surface area (Å²) >= 11 is 0. The van der Waals surface area contributed by atoms with Gasteiger partial charge < -0.3 is 19.9 Å². The van der Waals surface area contributed by atoms with E-state index in [0.29, 0.717) is 38.0 Å². The van der Waals surface area contributed by atoms with Gasteiger partial charge in [-0.15, -0.1) is 0 Å². The van der Waals surface area contributed by atoms with Gasteiger partial charge in [-0.3, -0.25) is 9.69 Å². The second kappa shape index (κ2) is 6.77. The third-order valence-electron chi connectivity index (χ3n) is 7.45. The molecule has 2 saturated heterocycles. The molecule has 0 radical (unpaired) electrons. The Morgan fingerprint density at radius 3 is 2.84 bits per heavy atom. The maximum absolute atomic E-state index is 12.4. The Bertz CT molecular complexity index is 1140. The van der Waals surface area contributed by atoms with E-state index in [0.717, 1.165) is 24.1 Å². The van der Waals surface area contributed by atoms with Crippen LogP contribution in [-0.2, 0) is 24.3 Å². The number of fused-ring (bicyclic) bond motifs is 4. The van der Waals surface area contributed by atoms with Crippen molar-refractivity contribution in [2.24, 2.45) is 0 Å². The number of aromatic nitrogens is 2. The van der Waals surface area contributed by atoms with Crippen molar-refractivity contribution in [3.05, 3.63) is 69.8 Å². The van der Waals surface area contributed by atoms with Crippen molar-refractivity contribution < 1.29 is 9.90 Å². The van der Waals surface area contributed by atoms with Gasteiger partial charge in [0, 0.05) is 43.5 Å². The van der Waals surface area contributed by atoms with Gasteiger partial charge in [0.2, 0.25) is 5.91 Å². The number of likely N-dealkylation sites (tertiary alicyclic amines) is 1. The van der Waals surface area contributed by atoms with Gasteiger partial charge in [0.15, 0.2) is 0 Å². The van der Waals surface area contributed by atoms with Crippen LogP contribution in [0, 0.1) is 0 Å². The van der Waals surface area contributed by atoms with E-state index in [-0.39, 0.29) is 23.7 Å². The normalized spacial score (nSPS) is 28.8. The first kappa shape index (κ1) is 18.8. The largest absolute Gasteiger partial charge is 0.389 e. The van der Waals surface area contributed by atoms with Gasteiger partial charge in [-0.25, -0.2) is 4.79 Å². The fraction of sp³-hybridized carbons (Fsp3) is 0.435. The van der Waals surface area contributed by atoms with E-state index < -0.39 is 6.10 Å². The Morgan fingerprint density at radius 2 is 2.06 bits per heavy atom. The Hall–Kier alpha value is -2.97. The van der Waals surface area contributed by atoms with Crippen molar-refractivity contribution in [3.8, 4) is 0 Å². The summed E-state index contributed by atoms with van der Waals surface area (Å²) in [5.74, 6) is 0.492. The summed E-state index contributed by atoms with van der Waals surface area (Å²) in [5.41, 5.74) is 4.36. The average molecular weight is 419 g/mol. The van der Waals surface area contributed by atoms with Crippen LogP contribution in [0.2, 0.25) is 0 Å². The first-order valence-electron chi connectivity index (χ1n) is 10.9. The van der Waals surface area contributed by atoms with Gasteiger partial charge in [0.25, 0.3) is 0 Å². The van der Waals surface area contributed by atoms with E-state index in [2.05, 4.69) is 45.7 Å². The summed E-state index contributed by atoms with van der Waals surface area (Å²) in [6, 6.07) is 8.37. The summed E-state index contributed by atoms with van der Waals surface area (Å²) < 4.78 is 0. The Kier molecular flexibility index (Phi) is 4.10. The number of rotatable bonds is 3. The quantitative estimate of drug-likeness (QED) is 0.713. The molecule has 160 valence electrons. The minimum Gasteiger partial charge on any atom is -0.389 e. The van der Waals surface area contributed by atoms with E-state index in [1.807, 2.05) is 4.90 Å². The summed E-state index contributed by atoms with van der Waals surface area (Å²) in [7, 11) is 0. The van der Waals surface area contributed by atoms with Gasteiger partial charge in [-0.05, 0) is 30.0 Å². The monoisotopic (exact) mass is 419 g/mol. The highest BCUT2D eigenvalue weighted by Crippen LogP contribution is 2.42. The van der Waals surface area contributed by atoms with Crippen molar-refractivity contribution in [1.29, 1.82) is 0 Å². The number of aliphatic hydroxyl groups excluding tert-OH is 1. The van der Waals surface area contributed by atoms with E-state index in [9.17, 15) is 14.7 Å². The lowest BCUT2D eigenvalue weighted by Gasteiger charge is -2.34. The minimum atomic E-state index is -0.653. The molecule has 8 heteroatoms. The van der Waals surface area contributed by atoms with Gasteiger partial charge in [0.05, 0.1) is 18.2 Å². The predicted octanol–water partition coefficient (Wildman–Crippen LogP) is 0.719. The molecule has 0 spiro atoms. The molecule has 1 aliphatic carbocycles. The summed E-state index contributed by atoms with van der Waals surface area (Å²) in [4.78, 5) is 37.9. The number of aryl methyl sites for hydroxylation is 1. The molecule has 2 fully saturated rings. The second-order valence-corrected chi connectivity index (χ2v) is 8.95. The highest BCUT2D eigenvalue weighted by Gasteiger charge is 2.53. The van der Waals surface area contributed by atoms with Crippen LogP contribution >= 0.6 is 0 Å². The van der Waals surface area contributed by atoms with Gasteiger partial charge in [0.1, 0.15) is 5.82 Å². The minimum absolute atomic E-state index is 0.165. The van der Waals surface area contributed by atoms with Crippen LogP contribution in [0.4, 0.5) is 5.82 Å².